The normalized spacial score (nSPS) is 10.2. The van der Waals surface area contributed by atoms with Gasteiger partial charge in [0.15, 0.2) is 0 Å². The van der Waals surface area contributed by atoms with Crippen LogP contribution in [0, 0.1) is 5.82 Å². The molecule has 2 rings (SSSR count). The maximum Gasteiger partial charge on any atom is 0.248 e. The minimum absolute atomic E-state index is 0.355. The monoisotopic (exact) mass is 278 g/mol. The van der Waals surface area contributed by atoms with E-state index in [9.17, 15) is 9.18 Å². The largest absolute Gasteiger partial charge is 0.379 e. The fourth-order valence-electron chi connectivity index (χ4n) is 1.62. The van der Waals surface area contributed by atoms with Crippen LogP contribution in [0.5, 0.6) is 0 Å². The second-order valence-electron chi connectivity index (χ2n) is 4.04. The first-order chi connectivity index (χ1) is 9.06. The summed E-state index contributed by atoms with van der Waals surface area (Å²) in [6.45, 7) is 0.442. The van der Waals surface area contributed by atoms with Crippen molar-refractivity contribution in [3.63, 3.8) is 0 Å². The van der Waals surface area contributed by atoms with Crippen molar-refractivity contribution in [1.29, 1.82) is 0 Å². The van der Waals surface area contributed by atoms with Crippen LogP contribution in [0.2, 0.25) is 5.02 Å². The summed E-state index contributed by atoms with van der Waals surface area (Å²) >= 11 is 5.67. The van der Waals surface area contributed by atoms with Gasteiger partial charge in [-0.25, -0.2) is 4.39 Å². The predicted molar refractivity (Wildman–Crippen MR) is 73.7 cm³/mol. The molecule has 2 aromatic rings. The number of carbonyl (C=O) groups excluding carboxylic acids is 1. The van der Waals surface area contributed by atoms with Gasteiger partial charge in [0.1, 0.15) is 5.82 Å². The van der Waals surface area contributed by atoms with Crippen molar-refractivity contribution in [3.8, 4) is 0 Å². The highest BCUT2D eigenvalue weighted by Gasteiger charge is 2.03. The first-order valence-corrected chi connectivity index (χ1v) is 6.02. The number of amides is 1. The van der Waals surface area contributed by atoms with Crippen molar-refractivity contribution >= 4 is 23.2 Å². The number of carbonyl (C=O) groups is 1. The molecule has 0 atom stereocenters. The van der Waals surface area contributed by atoms with E-state index in [-0.39, 0.29) is 0 Å². The maximum atomic E-state index is 13.5. The van der Waals surface area contributed by atoms with Crippen LogP contribution in [0.3, 0.4) is 0 Å². The molecule has 19 heavy (non-hydrogen) atoms. The van der Waals surface area contributed by atoms with E-state index in [2.05, 4.69) is 5.32 Å². The molecule has 5 heteroatoms. The fourth-order valence-corrected chi connectivity index (χ4v) is 1.78. The van der Waals surface area contributed by atoms with E-state index in [0.717, 1.165) is 5.56 Å². The fraction of sp³-hybridized carbons (Fsp3) is 0.0714. The summed E-state index contributed by atoms with van der Waals surface area (Å²) in [5, 5.41) is 3.31. The summed E-state index contributed by atoms with van der Waals surface area (Å²) in [4.78, 5) is 10.9. The second-order valence-corrected chi connectivity index (χ2v) is 4.48. The minimum Gasteiger partial charge on any atom is -0.379 e. The molecule has 3 N–H and O–H groups in total. The van der Waals surface area contributed by atoms with Crippen LogP contribution >= 0.6 is 11.6 Å². The van der Waals surface area contributed by atoms with Gasteiger partial charge < -0.3 is 11.1 Å². The standard InChI is InChI=1S/C14H12ClFN2O/c15-11-5-6-13(12(16)7-11)18-8-9-1-3-10(4-2-9)14(17)19/h1-7,18H,8H2,(H2,17,19). The molecule has 0 saturated carbocycles. The molecule has 0 fully saturated rings. The summed E-state index contributed by atoms with van der Waals surface area (Å²) in [5.41, 5.74) is 6.89. The van der Waals surface area contributed by atoms with Gasteiger partial charge in [-0.3, -0.25) is 4.79 Å². The van der Waals surface area contributed by atoms with E-state index < -0.39 is 11.7 Å². The Bertz CT molecular complexity index is 599. The summed E-state index contributed by atoms with van der Waals surface area (Å²) in [6, 6.07) is 11.2. The third-order valence-corrected chi connectivity index (χ3v) is 2.89. The highest BCUT2D eigenvalue weighted by atomic mass is 35.5. The number of hydrogen-bond donors (Lipinski definition) is 2. The van der Waals surface area contributed by atoms with Gasteiger partial charge in [0, 0.05) is 17.1 Å². The molecule has 0 bridgehead atoms. The Morgan fingerprint density at radius 3 is 2.47 bits per heavy atom. The Hall–Kier alpha value is -2.07. The van der Waals surface area contributed by atoms with Crippen molar-refractivity contribution in [3.05, 3.63) is 64.4 Å². The van der Waals surface area contributed by atoms with Crippen molar-refractivity contribution in [2.45, 2.75) is 6.54 Å². The van der Waals surface area contributed by atoms with Crippen molar-refractivity contribution in [1.82, 2.24) is 0 Å². The van der Waals surface area contributed by atoms with E-state index in [1.807, 2.05) is 0 Å². The average Bonchev–Trinajstić information content (AvgIpc) is 2.38. The summed E-state index contributed by atoms with van der Waals surface area (Å²) in [6.07, 6.45) is 0. The number of rotatable bonds is 4. The lowest BCUT2D eigenvalue weighted by Crippen LogP contribution is -2.10. The van der Waals surface area contributed by atoms with E-state index in [1.54, 1.807) is 36.4 Å². The molecule has 1 amide bonds. The molecule has 0 aliphatic carbocycles. The molecule has 0 unspecified atom stereocenters. The highest BCUT2D eigenvalue weighted by Crippen LogP contribution is 2.19. The van der Waals surface area contributed by atoms with Crippen LogP contribution in [-0.4, -0.2) is 5.91 Å². The van der Waals surface area contributed by atoms with E-state index in [1.165, 1.54) is 6.07 Å². The third kappa shape index (κ3) is 3.45. The van der Waals surface area contributed by atoms with Gasteiger partial charge in [0.05, 0.1) is 5.69 Å². The van der Waals surface area contributed by atoms with Crippen molar-refractivity contribution in [2.75, 3.05) is 5.32 Å². The van der Waals surface area contributed by atoms with Gasteiger partial charge in [-0.1, -0.05) is 23.7 Å². The molecule has 0 radical (unpaired) electrons. The average molecular weight is 279 g/mol. The topological polar surface area (TPSA) is 55.1 Å². The molecule has 0 heterocycles. The smallest absolute Gasteiger partial charge is 0.248 e. The lowest BCUT2D eigenvalue weighted by Gasteiger charge is -2.08. The van der Waals surface area contributed by atoms with Gasteiger partial charge in [0.25, 0.3) is 0 Å². The number of hydrogen-bond acceptors (Lipinski definition) is 2. The number of anilines is 1. The Morgan fingerprint density at radius 2 is 1.89 bits per heavy atom. The number of nitrogens with two attached hydrogens (primary N) is 1. The summed E-state index contributed by atoms with van der Waals surface area (Å²) in [7, 11) is 0. The van der Waals surface area contributed by atoms with Gasteiger partial charge in [0.2, 0.25) is 5.91 Å². The second kappa shape index (κ2) is 5.71. The summed E-state index contributed by atoms with van der Waals surface area (Å²) in [5.74, 6) is -0.871. The molecule has 0 aromatic heterocycles. The van der Waals surface area contributed by atoms with Crippen molar-refractivity contribution in [2.24, 2.45) is 5.73 Å². The molecule has 0 aliphatic rings. The lowest BCUT2D eigenvalue weighted by atomic mass is 10.1. The van der Waals surface area contributed by atoms with Crippen LogP contribution in [0.1, 0.15) is 15.9 Å². The van der Waals surface area contributed by atoms with Crippen LogP contribution < -0.4 is 11.1 Å². The van der Waals surface area contributed by atoms with Crippen LogP contribution in [0.4, 0.5) is 10.1 Å². The molecule has 98 valence electrons. The molecular formula is C14H12ClFN2O. The quantitative estimate of drug-likeness (QED) is 0.902. The predicted octanol–water partition coefficient (Wildman–Crippen LogP) is 3.19. The number of benzene rings is 2. The SMILES string of the molecule is NC(=O)c1ccc(CNc2ccc(Cl)cc2F)cc1. The molecule has 0 aliphatic heterocycles. The van der Waals surface area contributed by atoms with Gasteiger partial charge in [-0.05, 0) is 35.9 Å². The molecule has 2 aromatic carbocycles. The highest BCUT2D eigenvalue weighted by molar-refractivity contribution is 6.30. The number of halogens is 2. The molecule has 3 nitrogen and oxygen atoms in total. The van der Waals surface area contributed by atoms with Crippen LogP contribution in [-0.2, 0) is 6.54 Å². The zero-order valence-electron chi connectivity index (χ0n) is 9.99. The first kappa shape index (κ1) is 13.4. The van der Waals surface area contributed by atoms with Gasteiger partial charge >= 0.3 is 0 Å². The zero-order valence-corrected chi connectivity index (χ0v) is 10.7. The Labute approximate surface area is 115 Å². The Morgan fingerprint density at radius 1 is 1.21 bits per heavy atom. The molecule has 0 spiro atoms. The van der Waals surface area contributed by atoms with E-state index in [4.69, 9.17) is 17.3 Å². The molecular weight excluding hydrogens is 267 g/mol. The van der Waals surface area contributed by atoms with E-state index in [0.29, 0.717) is 22.8 Å². The van der Waals surface area contributed by atoms with Crippen LogP contribution in [0.15, 0.2) is 42.5 Å². The van der Waals surface area contributed by atoms with Gasteiger partial charge in [-0.2, -0.15) is 0 Å². The number of primary amides is 1. The third-order valence-electron chi connectivity index (χ3n) is 2.65. The van der Waals surface area contributed by atoms with E-state index >= 15 is 0 Å². The van der Waals surface area contributed by atoms with Crippen molar-refractivity contribution < 1.29 is 9.18 Å². The van der Waals surface area contributed by atoms with Gasteiger partial charge in [-0.15, -0.1) is 0 Å². The Kier molecular flexibility index (Phi) is 4.02. The van der Waals surface area contributed by atoms with Crippen LogP contribution in [0.25, 0.3) is 0 Å². The Balaban J connectivity index is 2.04. The summed E-state index contributed by atoms with van der Waals surface area (Å²) < 4.78 is 13.5. The minimum atomic E-state index is -0.469. The first-order valence-electron chi connectivity index (χ1n) is 5.64. The lowest BCUT2D eigenvalue weighted by molar-refractivity contribution is 0.100. The number of nitrogens with one attached hydrogen (secondary N) is 1. The maximum absolute atomic E-state index is 13.5. The zero-order chi connectivity index (χ0) is 13.8. The molecule has 0 saturated heterocycles.